The van der Waals surface area contributed by atoms with Crippen LogP contribution in [0.5, 0.6) is 0 Å². The maximum Gasteiger partial charge on any atom is 0.321 e. The summed E-state index contributed by atoms with van der Waals surface area (Å²) in [7, 11) is -3.87. The molecule has 0 atom stereocenters. The van der Waals surface area contributed by atoms with Crippen molar-refractivity contribution in [2.75, 3.05) is 18.5 Å². The fourth-order valence-corrected chi connectivity index (χ4v) is 3.11. The first-order valence-electron chi connectivity index (χ1n) is 7.64. The van der Waals surface area contributed by atoms with Gasteiger partial charge in [-0.15, -0.1) is 0 Å². The van der Waals surface area contributed by atoms with Gasteiger partial charge < -0.3 is 10.1 Å². The Kier molecular flexibility index (Phi) is 6.89. The summed E-state index contributed by atoms with van der Waals surface area (Å²) in [5.41, 5.74) is 1.04. The highest BCUT2D eigenvalue weighted by atomic mass is 35.5. The highest BCUT2D eigenvalue weighted by Gasteiger charge is 2.16. The van der Waals surface area contributed by atoms with E-state index < -0.39 is 40.9 Å². The minimum absolute atomic E-state index is 0.00425. The Balaban J connectivity index is 1.81. The summed E-state index contributed by atoms with van der Waals surface area (Å²) in [6, 6.07) is 9.44. The molecule has 27 heavy (non-hydrogen) atoms. The van der Waals surface area contributed by atoms with Gasteiger partial charge in [-0.2, -0.15) is 4.72 Å². The van der Waals surface area contributed by atoms with Gasteiger partial charge in [-0.05, 0) is 37.3 Å². The van der Waals surface area contributed by atoms with Crippen LogP contribution in [-0.4, -0.2) is 33.4 Å². The van der Waals surface area contributed by atoms with Gasteiger partial charge in [-0.1, -0.05) is 29.3 Å². The van der Waals surface area contributed by atoms with E-state index in [1.807, 2.05) is 6.92 Å². The van der Waals surface area contributed by atoms with E-state index in [4.69, 9.17) is 16.3 Å². The third-order valence-electron chi connectivity index (χ3n) is 3.31. The molecule has 1 amide bonds. The first kappa shape index (κ1) is 20.8. The molecule has 0 aliphatic heterocycles. The van der Waals surface area contributed by atoms with Crippen LogP contribution in [0.15, 0.2) is 47.4 Å². The zero-order chi connectivity index (χ0) is 20.0. The number of aryl methyl sites for hydroxylation is 1. The van der Waals surface area contributed by atoms with Crippen LogP contribution in [0.1, 0.15) is 5.56 Å². The summed E-state index contributed by atoms with van der Waals surface area (Å²) in [5.74, 6) is -2.21. The van der Waals surface area contributed by atoms with Gasteiger partial charge in [0.2, 0.25) is 10.0 Å². The molecule has 0 bridgehead atoms. The SMILES string of the molecule is Cc1ccc(S(=O)(=O)NCC(=O)OCC(=O)Nc2ccc(F)cc2Cl)cc1. The van der Waals surface area contributed by atoms with Crippen molar-refractivity contribution in [1.29, 1.82) is 0 Å². The molecule has 0 fully saturated rings. The minimum Gasteiger partial charge on any atom is -0.455 e. The highest BCUT2D eigenvalue weighted by Crippen LogP contribution is 2.22. The first-order chi connectivity index (χ1) is 12.7. The normalized spacial score (nSPS) is 11.1. The van der Waals surface area contributed by atoms with E-state index in [2.05, 4.69) is 10.0 Å². The molecule has 0 radical (unpaired) electrons. The zero-order valence-electron chi connectivity index (χ0n) is 14.2. The number of ether oxygens (including phenoxy) is 1. The van der Waals surface area contributed by atoms with Crippen LogP contribution in [0, 0.1) is 12.7 Å². The molecule has 0 spiro atoms. The summed E-state index contributed by atoms with van der Waals surface area (Å²) in [5, 5.41) is 2.33. The van der Waals surface area contributed by atoms with E-state index in [1.54, 1.807) is 12.1 Å². The predicted octanol–water partition coefficient (Wildman–Crippen LogP) is 2.25. The molecule has 2 N–H and O–H groups in total. The lowest BCUT2D eigenvalue weighted by molar-refractivity contribution is -0.146. The number of halogens is 2. The molecule has 2 aromatic rings. The molecule has 144 valence electrons. The number of hydrogen-bond donors (Lipinski definition) is 2. The molecular weight excluding hydrogens is 399 g/mol. The van der Waals surface area contributed by atoms with Crippen molar-refractivity contribution < 1.29 is 27.1 Å². The second kappa shape index (κ2) is 8.94. The molecule has 0 saturated heterocycles. The molecular formula is C17H16ClFN2O5S. The first-order valence-corrected chi connectivity index (χ1v) is 9.50. The molecule has 0 aliphatic rings. The number of amides is 1. The van der Waals surface area contributed by atoms with Crippen LogP contribution in [0.25, 0.3) is 0 Å². The number of nitrogens with one attached hydrogen (secondary N) is 2. The Hall–Kier alpha value is -2.49. The average Bonchev–Trinajstić information content (AvgIpc) is 2.61. The van der Waals surface area contributed by atoms with Crippen LogP contribution >= 0.6 is 11.6 Å². The number of esters is 1. The van der Waals surface area contributed by atoms with Gasteiger partial charge in [-0.25, -0.2) is 12.8 Å². The number of sulfonamides is 1. The molecule has 2 rings (SSSR count). The predicted molar refractivity (Wildman–Crippen MR) is 97.4 cm³/mol. The Morgan fingerprint density at radius 3 is 2.44 bits per heavy atom. The summed E-state index contributed by atoms with van der Waals surface area (Å²) >= 11 is 5.76. The second-order valence-electron chi connectivity index (χ2n) is 5.47. The zero-order valence-corrected chi connectivity index (χ0v) is 15.7. The number of anilines is 1. The van der Waals surface area contributed by atoms with Crippen LogP contribution in [0.3, 0.4) is 0 Å². The number of benzene rings is 2. The Morgan fingerprint density at radius 2 is 1.81 bits per heavy atom. The van der Waals surface area contributed by atoms with Crippen molar-refractivity contribution in [3.05, 3.63) is 58.9 Å². The molecule has 0 aliphatic carbocycles. The van der Waals surface area contributed by atoms with E-state index in [9.17, 15) is 22.4 Å². The van der Waals surface area contributed by atoms with Crippen LogP contribution in [-0.2, 0) is 24.3 Å². The number of carbonyl (C=O) groups excluding carboxylic acids is 2. The van der Waals surface area contributed by atoms with Crippen molar-refractivity contribution in [1.82, 2.24) is 4.72 Å². The van der Waals surface area contributed by atoms with E-state index in [-0.39, 0.29) is 15.6 Å². The van der Waals surface area contributed by atoms with Gasteiger partial charge in [0.25, 0.3) is 5.91 Å². The van der Waals surface area contributed by atoms with Crippen molar-refractivity contribution in [2.45, 2.75) is 11.8 Å². The minimum atomic E-state index is -3.87. The maximum absolute atomic E-state index is 12.9. The fraction of sp³-hybridized carbons (Fsp3) is 0.176. The van der Waals surface area contributed by atoms with Crippen LogP contribution in [0.2, 0.25) is 5.02 Å². The standard InChI is InChI=1S/C17H16ClFN2O5S/c1-11-2-5-13(6-3-11)27(24,25)20-9-17(23)26-10-16(22)21-15-7-4-12(19)8-14(15)18/h2-8,20H,9-10H2,1H3,(H,21,22). The number of hydrogen-bond acceptors (Lipinski definition) is 5. The van der Waals surface area contributed by atoms with Gasteiger partial charge in [0, 0.05) is 0 Å². The van der Waals surface area contributed by atoms with Gasteiger partial charge in [0.05, 0.1) is 15.6 Å². The van der Waals surface area contributed by atoms with Crippen LogP contribution < -0.4 is 10.0 Å². The van der Waals surface area contributed by atoms with Gasteiger partial charge >= 0.3 is 5.97 Å². The molecule has 0 saturated carbocycles. The summed E-state index contributed by atoms with van der Waals surface area (Å²) in [6.07, 6.45) is 0. The van der Waals surface area contributed by atoms with E-state index >= 15 is 0 Å². The smallest absolute Gasteiger partial charge is 0.321 e. The van der Waals surface area contributed by atoms with E-state index in [0.717, 1.165) is 17.7 Å². The van der Waals surface area contributed by atoms with Crippen molar-refractivity contribution in [3.8, 4) is 0 Å². The lowest BCUT2D eigenvalue weighted by atomic mass is 10.2. The second-order valence-corrected chi connectivity index (χ2v) is 7.64. The van der Waals surface area contributed by atoms with Crippen LogP contribution in [0.4, 0.5) is 10.1 Å². The Morgan fingerprint density at radius 1 is 1.15 bits per heavy atom. The largest absolute Gasteiger partial charge is 0.455 e. The molecule has 0 aromatic heterocycles. The summed E-state index contributed by atoms with van der Waals surface area (Å²) in [4.78, 5) is 23.4. The van der Waals surface area contributed by atoms with E-state index in [1.165, 1.54) is 18.2 Å². The molecule has 7 nitrogen and oxygen atoms in total. The molecule has 0 heterocycles. The van der Waals surface area contributed by atoms with Gasteiger partial charge in [0.15, 0.2) is 6.61 Å². The number of rotatable bonds is 7. The highest BCUT2D eigenvalue weighted by molar-refractivity contribution is 7.89. The lowest BCUT2D eigenvalue weighted by Gasteiger charge is -2.09. The molecule has 0 unspecified atom stereocenters. The van der Waals surface area contributed by atoms with Crippen molar-refractivity contribution in [2.24, 2.45) is 0 Å². The monoisotopic (exact) mass is 414 g/mol. The van der Waals surface area contributed by atoms with Gasteiger partial charge in [-0.3, -0.25) is 9.59 Å². The maximum atomic E-state index is 12.9. The van der Waals surface area contributed by atoms with Gasteiger partial charge in [0.1, 0.15) is 12.4 Å². The Labute approximate surface area is 160 Å². The summed E-state index contributed by atoms with van der Waals surface area (Å²) < 4.78 is 43.8. The van der Waals surface area contributed by atoms with E-state index in [0.29, 0.717) is 0 Å². The van der Waals surface area contributed by atoms with Crippen molar-refractivity contribution in [3.63, 3.8) is 0 Å². The topological polar surface area (TPSA) is 102 Å². The lowest BCUT2D eigenvalue weighted by Crippen LogP contribution is -2.32. The summed E-state index contributed by atoms with van der Waals surface area (Å²) in [6.45, 7) is 0.519. The number of carbonyl (C=O) groups is 2. The van der Waals surface area contributed by atoms with Crippen molar-refractivity contribution >= 4 is 39.2 Å². The quantitative estimate of drug-likeness (QED) is 0.676. The molecule has 10 heteroatoms. The fourth-order valence-electron chi connectivity index (χ4n) is 1.93. The Bertz CT molecular complexity index is 948. The average molecular weight is 415 g/mol. The third kappa shape index (κ3) is 6.31. The molecule has 2 aromatic carbocycles. The third-order valence-corrected chi connectivity index (χ3v) is 5.04.